The Balaban J connectivity index is 3.08. The molecule has 0 N–H and O–H groups in total. The minimum absolute atomic E-state index is 0.0214. The van der Waals surface area contributed by atoms with Crippen LogP contribution in [0.3, 0.4) is 0 Å². The predicted octanol–water partition coefficient (Wildman–Crippen LogP) is 4.64. The summed E-state index contributed by atoms with van der Waals surface area (Å²) in [7, 11) is 0. The molecule has 1 heterocycles. The minimum Gasteiger partial charge on any atom is -0.463 e. The largest absolute Gasteiger partial charge is 0.463 e. The quantitative estimate of drug-likeness (QED) is 0.119. The van der Waals surface area contributed by atoms with Crippen LogP contribution in [0.2, 0.25) is 0 Å². The van der Waals surface area contributed by atoms with Crippen LogP contribution in [0.4, 0.5) is 0 Å². The summed E-state index contributed by atoms with van der Waals surface area (Å²) < 4.78 is 34.1. The maximum atomic E-state index is 12.7. The summed E-state index contributed by atoms with van der Waals surface area (Å²) in [6.07, 6.45) is 1.98. The van der Waals surface area contributed by atoms with E-state index in [-0.39, 0.29) is 13.0 Å². The van der Waals surface area contributed by atoms with Crippen molar-refractivity contribution < 1.29 is 47.6 Å². The Morgan fingerprint density at radius 3 is 2.05 bits per heavy atom. The van der Waals surface area contributed by atoms with Crippen molar-refractivity contribution in [1.29, 1.82) is 0 Å². The number of esters is 4. The summed E-state index contributed by atoms with van der Waals surface area (Å²) in [6, 6.07) is 0. The maximum Gasteiger partial charge on any atom is 0.308 e. The molecule has 1 aliphatic heterocycles. The van der Waals surface area contributed by atoms with Crippen LogP contribution < -0.4 is 0 Å². The van der Waals surface area contributed by atoms with Gasteiger partial charge in [0.05, 0.1) is 12.5 Å². The molecule has 1 rings (SSSR count). The Kier molecular flexibility index (Phi) is 15.9. The second-order valence-corrected chi connectivity index (χ2v) is 11.1. The van der Waals surface area contributed by atoms with Crippen molar-refractivity contribution in [3.63, 3.8) is 0 Å². The molecule has 10 nitrogen and oxygen atoms in total. The van der Waals surface area contributed by atoms with Gasteiger partial charge in [-0.2, -0.15) is 0 Å². The molecule has 40 heavy (non-hydrogen) atoms. The van der Waals surface area contributed by atoms with Crippen molar-refractivity contribution in [3.8, 4) is 11.8 Å². The topological polar surface area (TPSA) is 124 Å². The van der Waals surface area contributed by atoms with Gasteiger partial charge in [-0.3, -0.25) is 19.2 Å². The fraction of sp³-hybridized carbons (Fsp3) is 0.800. The monoisotopic (exact) mass is 568 g/mol. The Morgan fingerprint density at radius 1 is 0.875 bits per heavy atom. The molecule has 228 valence electrons. The standard InChI is InChI=1S/C30H48O10/c1-9-10-11-12-13-14-15-16-17-24(18-26(34)40-30(6,7)8)38-29-28(37-23(5)33)20(2)27(36-22(4)32)25(39-29)19-35-21(3)31/h20,24-25,27-29H,11-19H2,1-8H3/t20-,24?,25?,27+,28?,29?/m0/s1. The Bertz CT molecular complexity index is 879. The zero-order valence-corrected chi connectivity index (χ0v) is 25.4. The van der Waals surface area contributed by atoms with Crippen LogP contribution in [0.5, 0.6) is 0 Å². The molecule has 0 aromatic rings. The van der Waals surface area contributed by atoms with Crippen molar-refractivity contribution in [2.45, 2.75) is 143 Å². The van der Waals surface area contributed by atoms with E-state index >= 15 is 0 Å². The van der Waals surface area contributed by atoms with E-state index in [0.717, 1.165) is 38.5 Å². The van der Waals surface area contributed by atoms with E-state index in [1.165, 1.54) is 20.8 Å². The number of ether oxygens (including phenoxy) is 6. The lowest BCUT2D eigenvalue weighted by molar-refractivity contribution is -0.305. The summed E-state index contributed by atoms with van der Waals surface area (Å²) in [6.45, 7) is 12.5. The first kappa shape index (κ1) is 35.4. The van der Waals surface area contributed by atoms with Gasteiger partial charge >= 0.3 is 23.9 Å². The van der Waals surface area contributed by atoms with Gasteiger partial charge in [0.1, 0.15) is 24.4 Å². The van der Waals surface area contributed by atoms with Crippen LogP contribution in [-0.4, -0.2) is 66.8 Å². The van der Waals surface area contributed by atoms with E-state index in [2.05, 4.69) is 11.8 Å². The molecular formula is C30H48O10. The number of carbonyl (C=O) groups excluding carboxylic acids is 4. The maximum absolute atomic E-state index is 12.7. The van der Waals surface area contributed by atoms with Gasteiger partial charge in [-0.15, -0.1) is 11.8 Å². The number of hydrogen-bond acceptors (Lipinski definition) is 10. The van der Waals surface area contributed by atoms with Crippen molar-refractivity contribution in [1.82, 2.24) is 0 Å². The molecule has 0 aromatic carbocycles. The fourth-order valence-corrected chi connectivity index (χ4v) is 4.49. The molecule has 1 fully saturated rings. The van der Waals surface area contributed by atoms with E-state index in [9.17, 15) is 19.2 Å². The third-order valence-corrected chi connectivity index (χ3v) is 6.18. The lowest BCUT2D eigenvalue weighted by atomic mass is 9.90. The molecule has 0 aliphatic carbocycles. The van der Waals surface area contributed by atoms with Gasteiger partial charge in [0.15, 0.2) is 12.4 Å². The van der Waals surface area contributed by atoms with Crippen molar-refractivity contribution in [3.05, 3.63) is 0 Å². The van der Waals surface area contributed by atoms with Gasteiger partial charge in [0, 0.05) is 33.1 Å². The number of hydrogen-bond donors (Lipinski definition) is 0. The van der Waals surface area contributed by atoms with Gasteiger partial charge in [0.2, 0.25) is 0 Å². The van der Waals surface area contributed by atoms with Crippen molar-refractivity contribution >= 4 is 23.9 Å². The van der Waals surface area contributed by atoms with Gasteiger partial charge in [-0.05, 0) is 40.5 Å². The normalized spacial score (nSPS) is 23.2. The van der Waals surface area contributed by atoms with E-state index in [1.54, 1.807) is 27.7 Å². The van der Waals surface area contributed by atoms with Gasteiger partial charge in [0.25, 0.3) is 0 Å². The summed E-state index contributed by atoms with van der Waals surface area (Å²) >= 11 is 0. The summed E-state index contributed by atoms with van der Waals surface area (Å²) in [4.78, 5) is 48.1. The molecule has 0 bridgehead atoms. The van der Waals surface area contributed by atoms with Crippen LogP contribution >= 0.6 is 0 Å². The molecule has 0 aromatic heterocycles. The highest BCUT2D eigenvalue weighted by Crippen LogP contribution is 2.33. The SMILES string of the molecule is CC#CCCCCCCCC(CC(=O)OC(C)(C)C)OC1OC(COC(C)=O)[C@H](OC(C)=O)[C@H](C)C1OC(C)=O. The van der Waals surface area contributed by atoms with Crippen LogP contribution in [-0.2, 0) is 47.6 Å². The molecule has 6 atom stereocenters. The fourth-order valence-electron chi connectivity index (χ4n) is 4.49. The Morgan fingerprint density at radius 2 is 1.48 bits per heavy atom. The van der Waals surface area contributed by atoms with Gasteiger partial charge < -0.3 is 28.4 Å². The third-order valence-electron chi connectivity index (χ3n) is 6.18. The molecule has 1 aliphatic rings. The van der Waals surface area contributed by atoms with Crippen LogP contribution in [0.25, 0.3) is 0 Å². The number of rotatable bonds is 15. The molecule has 4 unspecified atom stereocenters. The predicted molar refractivity (Wildman–Crippen MR) is 147 cm³/mol. The highest BCUT2D eigenvalue weighted by Gasteiger charge is 2.49. The molecule has 10 heteroatoms. The van der Waals surface area contributed by atoms with E-state index in [4.69, 9.17) is 28.4 Å². The molecular weight excluding hydrogens is 520 g/mol. The Labute approximate surface area is 239 Å². The first-order valence-electron chi connectivity index (χ1n) is 14.1. The smallest absolute Gasteiger partial charge is 0.308 e. The molecule has 0 saturated carbocycles. The van der Waals surface area contributed by atoms with Crippen molar-refractivity contribution in [2.24, 2.45) is 5.92 Å². The lowest BCUT2D eigenvalue weighted by Crippen LogP contribution is -2.58. The third kappa shape index (κ3) is 14.7. The zero-order valence-electron chi connectivity index (χ0n) is 25.4. The van der Waals surface area contributed by atoms with Gasteiger partial charge in [-0.1, -0.05) is 32.6 Å². The van der Waals surface area contributed by atoms with E-state index in [0.29, 0.717) is 6.42 Å². The highest BCUT2D eigenvalue weighted by atomic mass is 16.7. The average molecular weight is 569 g/mol. The van der Waals surface area contributed by atoms with Gasteiger partial charge in [-0.25, -0.2) is 0 Å². The van der Waals surface area contributed by atoms with Crippen LogP contribution in [0.1, 0.15) is 107 Å². The molecule has 0 spiro atoms. The van der Waals surface area contributed by atoms with Crippen molar-refractivity contribution in [2.75, 3.05) is 6.61 Å². The zero-order chi connectivity index (χ0) is 30.3. The van der Waals surface area contributed by atoms with Crippen LogP contribution in [0, 0.1) is 17.8 Å². The summed E-state index contributed by atoms with van der Waals surface area (Å²) in [5.74, 6) is 3.35. The highest BCUT2D eigenvalue weighted by molar-refractivity contribution is 5.70. The minimum atomic E-state index is -1.09. The first-order valence-corrected chi connectivity index (χ1v) is 14.1. The van der Waals surface area contributed by atoms with E-state index < -0.39 is 66.1 Å². The molecule has 1 saturated heterocycles. The Hall–Kier alpha value is -2.64. The lowest BCUT2D eigenvalue weighted by Gasteiger charge is -2.44. The summed E-state index contributed by atoms with van der Waals surface area (Å²) in [5.41, 5.74) is -0.661. The summed E-state index contributed by atoms with van der Waals surface area (Å²) in [5, 5.41) is 0. The molecule has 0 amide bonds. The number of carbonyl (C=O) groups is 4. The van der Waals surface area contributed by atoms with Crippen LogP contribution in [0.15, 0.2) is 0 Å². The second kappa shape index (κ2) is 17.9. The first-order chi connectivity index (χ1) is 18.7. The van der Waals surface area contributed by atoms with E-state index in [1.807, 2.05) is 6.92 Å². The average Bonchev–Trinajstić information content (AvgIpc) is 2.82. The second-order valence-electron chi connectivity index (χ2n) is 11.1. The number of unbranched alkanes of at least 4 members (excludes halogenated alkanes) is 5. The molecule has 0 radical (unpaired) electrons.